The molecule has 0 atom stereocenters. The number of aryl methyl sites for hydroxylation is 2. The molecule has 0 saturated heterocycles. The lowest BCUT2D eigenvalue weighted by Gasteiger charge is -2.09. The molecule has 0 amide bonds. The van der Waals surface area contributed by atoms with Gasteiger partial charge in [0.1, 0.15) is 4.60 Å². The third-order valence-corrected chi connectivity index (χ3v) is 4.32. The van der Waals surface area contributed by atoms with Gasteiger partial charge in [0.2, 0.25) is 0 Å². The molecule has 4 heteroatoms. The van der Waals surface area contributed by atoms with Crippen molar-refractivity contribution in [2.75, 3.05) is 5.32 Å². The fourth-order valence-corrected chi connectivity index (χ4v) is 2.61. The van der Waals surface area contributed by atoms with Gasteiger partial charge in [-0.05, 0) is 66.9 Å². The van der Waals surface area contributed by atoms with Gasteiger partial charge in [-0.1, -0.05) is 0 Å². The maximum absolute atomic E-state index is 4.30. The van der Waals surface area contributed by atoms with E-state index in [0.717, 1.165) is 28.9 Å². The molecular weight excluding hydrogens is 302 g/mol. The molecular formula is C15H20BrN3. The van der Waals surface area contributed by atoms with Gasteiger partial charge in [0.05, 0.1) is 11.9 Å². The molecule has 19 heavy (non-hydrogen) atoms. The van der Waals surface area contributed by atoms with Gasteiger partial charge in [-0.25, -0.2) is 4.98 Å². The highest BCUT2D eigenvalue weighted by molar-refractivity contribution is 9.10. The van der Waals surface area contributed by atoms with Gasteiger partial charge < -0.3 is 9.88 Å². The summed E-state index contributed by atoms with van der Waals surface area (Å²) in [4.78, 5) is 4.30. The number of pyridine rings is 1. The van der Waals surface area contributed by atoms with Gasteiger partial charge in [-0.15, -0.1) is 0 Å². The molecule has 0 aliphatic carbocycles. The molecule has 3 nitrogen and oxygen atoms in total. The van der Waals surface area contributed by atoms with Crippen molar-refractivity contribution in [3.8, 4) is 0 Å². The van der Waals surface area contributed by atoms with Crippen LogP contribution in [0.1, 0.15) is 29.4 Å². The number of halogens is 1. The van der Waals surface area contributed by atoms with Gasteiger partial charge in [0, 0.05) is 24.5 Å². The zero-order valence-electron chi connectivity index (χ0n) is 11.9. The van der Waals surface area contributed by atoms with E-state index in [0.29, 0.717) is 0 Å². The second-order valence-corrected chi connectivity index (χ2v) is 5.58. The Bertz CT molecular complexity index is 587. The number of aromatic nitrogens is 2. The van der Waals surface area contributed by atoms with Crippen molar-refractivity contribution in [1.82, 2.24) is 9.55 Å². The lowest BCUT2D eigenvalue weighted by molar-refractivity contribution is 0.715. The molecule has 2 heterocycles. The van der Waals surface area contributed by atoms with Gasteiger partial charge in [-0.2, -0.15) is 0 Å². The normalized spacial score (nSPS) is 10.8. The number of anilines is 1. The Hall–Kier alpha value is -1.29. The van der Waals surface area contributed by atoms with Crippen LogP contribution in [0.2, 0.25) is 0 Å². The average molecular weight is 322 g/mol. The first-order chi connectivity index (χ1) is 9.02. The number of hydrogen-bond donors (Lipinski definition) is 1. The zero-order chi connectivity index (χ0) is 14.0. The van der Waals surface area contributed by atoms with E-state index in [2.05, 4.69) is 63.7 Å². The van der Waals surface area contributed by atoms with Crippen LogP contribution in [0.4, 0.5) is 5.69 Å². The molecule has 0 saturated carbocycles. The molecule has 0 aliphatic rings. The monoisotopic (exact) mass is 321 g/mol. The van der Waals surface area contributed by atoms with Crippen molar-refractivity contribution in [1.29, 1.82) is 0 Å². The third kappa shape index (κ3) is 3.00. The molecule has 0 aromatic carbocycles. The summed E-state index contributed by atoms with van der Waals surface area (Å²) in [6.07, 6.45) is 1.86. The molecule has 0 bridgehead atoms. The second-order valence-electron chi connectivity index (χ2n) is 4.83. The Balaban J connectivity index is 2.12. The van der Waals surface area contributed by atoms with E-state index in [9.17, 15) is 0 Å². The number of hydrogen-bond acceptors (Lipinski definition) is 2. The maximum Gasteiger partial charge on any atom is 0.109 e. The molecule has 2 aromatic rings. The van der Waals surface area contributed by atoms with Crippen LogP contribution in [0, 0.1) is 20.8 Å². The summed E-state index contributed by atoms with van der Waals surface area (Å²) < 4.78 is 3.24. The number of rotatable bonds is 4. The van der Waals surface area contributed by atoms with Gasteiger partial charge >= 0.3 is 0 Å². The first kappa shape index (κ1) is 14.1. The van der Waals surface area contributed by atoms with Crippen LogP contribution < -0.4 is 5.32 Å². The van der Waals surface area contributed by atoms with Crippen molar-refractivity contribution in [3.63, 3.8) is 0 Å². The standard InChI is InChI=1S/C15H20BrN3/c1-5-19-11(3)7-13(12(19)4)8-17-14-6-10(2)15(16)18-9-14/h6-7,9,17H,5,8H2,1-4H3. The van der Waals surface area contributed by atoms with Crippen LogP contribution in [-0.2, 0) is 13.1 Å². The Morgan fingerprint density at radius 2 is 2.00 bits per heavy atom. The molecule has 0 fully saturated rings. The molecule has 0 aliphatic heterocycles. The smallest absolute Gasteiger partial charge is 0.109 e. The second kappa shape index (κ2) is 5.78. The minimum absolute atomic E-state index is 0.836. The van der Waals surface area contributed by atoms with Crippen molar-refractivity contribution in [3.05, 3.63) is 45.4 Å². The highest BCUT2D eigenvalue weighted by atomic mass is 79.9. The zero-order valence-corrected chi connectivity index (χ0v) is 13.5. The van der Waals surface area contributed by atoms with Gasteiger partial charge in [0.25, 0.3) is 0 Å². The lowest BCUT2D eigenvalue weighted by Crippen LogP contribution is -2.03. The average Bonchev–Trinajstić information content (AvgIpc) is 2.65. The van der Waals surface area contributed by atoms with E-state index < -0.39 is 0 Å². The number of nitrogens with zero attached hydrogens (tertiary/aromatic N) is 2. The number of nitrogens with one attached hydrogen (secondary N) is 1. The Kier molecular flexibility index (Phi) is 4.30. The minimum Gasteiger partial charge on any atom is -0.380 e. The van der Waals surface area contributed by atoms with Crippen LogP contribution >= 0.6 is 15.9 Å². The molecule has 0 spiro atoms. The summed E-state index contributed by atoms with van der Waals surface area (Å²) >= 11 is 3.42. The largest absolute Gasteiger partial charge is 0.380 e. The van der Waals surface area contributed by atoms with Gasteiger partial charge in [-0.3, -0.25) is 0 Å². The SMILES string of the molecule is CCn1c(C)cc(CNc2cnc(Br)c(C)c2)c1C. The predicted octanol–water partition coefficient (Wildman–Crippen LogP) is 4.20. The quantitative estimate of drug-likeness (QED) is 0.855. The molecule has 0 radical (unpaired) electrons. The van der Waals surface area contributed by atoms with E-state index in [1.807, 2.05) is 13.1 Å². The Labute approximate surface area is 123 Å². The fourth-order valence-electron chi connectivity index (χ4n) is 2.39. The van der Waals surface area contributed by atoms with E-state index >= 15 is 0 Å². The van der Waals surface area contributed by atoms with Crippen LogP contribution in [-0.4, -0.2) is 9.55 Å². The van der Waals surface area contributed by atoms with E-state index in [1.165, 1.54) is 17.0 Å². The van der Waals surface area contributed by atoms with E-state index in [-0.39, 0.29) is 0 Å². The topological polar surface area (TPSA) is 29.9 Å². The minimum atomic E-state index is 0.836. The van der Waals surface area contributed by atoms with Crippen molar-refractivity contribution in [2.45, 2.75) is 40.8 Å². The van der Waals surface area contributed by atoms with Crippen molar-refractivity contribution in [2.24, 2.45) is 0 Å². The molecule has 2 rings (SSSR count). The van der Waals surface area contributed by atoms with Gasteiger partial charge in [0.15, 0.2) is 0 Å². The molecule has 1 N–H and O–H groups in total. The lowest BCUT2D eigenvalue weighted by atomic mass is 10.2. The summed E-state index contributed by atoms with van der Waals surface area (Å²) in [5.74, 6) is 0. The highest BCUT2D eigenvalue weighted by Gasteiger charge is 2.07. The first-order valence-corrected chi connectivity index (χ1v) is 7.33. The Morgan fingerprint density at radius 1 is 1.26 bits per heavy atom. The van der Waals surface area contributed by atoms with E-state index in [4.69, 9.17) is 0 Å². The maximum atomic E-state index is 4.30. The van der Waals surface area contributed by atoms with Crippen LogP contribution in [0.3, 0.4) is 0 Å². The first-order valence-electron chi connectivity index (χ1n) is 6.54. The van der Waals surface area contributed by atoms with Crippen molar-refractivity contribution >= 4 is 21.6 Å². The molecule has 102 valence electrons. The fraction of sp³-hybridized carbons (Fsp3) is 0.400. The third-order valence-electron chi connectivity index (χ3n) is 3.49. The van der Waals surface area contributed by atoms with Crippen LogP contribution in [0.15, 0.2) is 22.9 Å². The summed E-state index contributed by atoms with van der Waals surface area (Å²) in [6, 6.07) is 4.36. The predicted molar refractivity (Wildman–Crippen MR) is 83.6 cm³/mol. The highest BCUT2D eigenvalue weighted by Crippen LogP contribution is 2.19. The summed E-state index contributed by atoms with van der Waals surface area (Å²) in [5.41, 5.74) is 6.21. The van der Waals surface area contributed by atoms with Crippen molar-refractivity contribution < 1.29 is 0 Å². The molecule has 0 unspecified atom stereocenters. The van der Waals surface area contributed by atoms with Crippen LogP contribution in [0.5, 0.6) is 0 Å². The van der Waals surface area contributed by atoms with Crippen LogP contribution in [0.25, 0.3) is 0 Å². The summed E-state index contributed by atoms with van der Waals surface area (Å²) in [6.45, 7) is 10.4. The Morgan fingerprint density at radius 3 is 2.58 bits per heavy atom. The van der Waals surface area contributed by atoms with E-state index in [1.54, 1.807) is 0 Å². The molecule has 2 aromatic heterocycles. The summed E-state index contributed by atoms with van der Waals surface area (Å²) in [5, 5.41) is 3.44. The summed E-state index contributed by atoms with van der Waals surface area (Å²) in [7, 11) is 0.